The van der Waals surface area contributed by atoms with Crippen molar-refractivity contribution in [3.63, 3.8) is 0 Å². The zero-order valence-electron chi connectivity index (χ0n) is 15.5. The summed E-state index contributed by atoms with van der Waals surface area (Å²) in [6.07, 6.45) is -1.11. The quantitative estimate of drug-likeness (QED) is 0.425. The fraction of sp³-hybridized carbons (Fsp3) is 0.263. The monoisotopic (exact) mass is 406 g/mol. The Morgan fingerprint density at radius 1 is 1.21 bits per heavy atom. The first-order chi connectivity index (χ1) is 13.2. The summed E-state index contributed by atoms with van der Waals surface area (Å²) in [4.78, 5) is 34.3. The first kappa shape index (κ1) is 21.2. The average Bonchev–Trinajstić information content (AvgIpc) is 2.62. The van der Waals surface area contributed by atoms with E-state index in [1.165, 1.54) is 19.1 Å². The lowest BCUT2D eigenvalue weighted by Crippen LogP contribution is -2.31. The van der Waals surface area contributed by atoms with Crippen molar-refractivity contribution in [3.05, 3.63) is 62.7 Å². The minimum absolute atomic E-state index is 0.000520. The lowest BCUT2D eigenvalue weighted by atomic mass is 10.1. The highest BCUT2D eigenvalue weighted by molar-refractivity contribution is 6.34. The minimum atomic E-state index is -1.11. The van der Waals surface area contributed by atoms with Gasteiger partial charge in [0.2, 0.25) is 0 Å². The van der Waals surface area contributed by atoms with Gasteiger partial charge in [-0.1, -0.05) is 29.8 Å². The van der Waals surface area contributed by atoms with Gasteiger partial charge in [0.05, 0.1) is 15.6 Å². The van der Waals surface area contributed by atoms with Gasteiger partial charge in [-0.2, -0.15) is 0 Å². The first-order valence-electron chi connectivity index (χ1n) is 8.32. The molecule has 1 N–H and O–H groups in total. The number of amides is 1. The van der Waals surface area contributed by atoms with E-state index in [0.717, 1.165) is 17.2 Å². The molecule has 1 amide bonds. The average molecular weight is 407 g/mol. The van der Waals surface area contributed by atoms with Crippen molar-refractivity contribution in [3.8, 4) is 5.75 Å². The van der Waals surface area contributed by atoms with Crippen LogP contribution in [0.25, 0.3) is 0 Å². The number of halogens is 1. The summed E-state index contributed by atoms with van der Waals surface area (Å²) in [5.74, 6) is -0.745. The molecular weight excluding hydrogens is 388 g/mol. The highest BCUT2D eigenvalue weighted by atomic mass is 35.5. The number of non-ortho nitro benzene ring substituents is 1. The van der Waals surface area contributed by atoms with Crippen LogP contribution in [0.15, 0.2) is 36.4 Å². The van der Waals surface area contributed by atoms with Gasteiger partial charge in [-0.25, -0.2) is 4.79 Å². The molecule has 8 nitrogen and oxygen atoms in total. The summed E-state index contributed by atoms with van der Waals surface area (Å²) in [7, 11) is 0. The van der Waals surface area contributed by atoms with Gasteiger partial charge in [0, 0.05) is 12.1 Å². The van der Waals surface area contributed by atoms with E-state index in [1.807, 2.05) is 32.0 Å². The molecule has 0 spiro atoms. The van der Waals surface area contributed by atoms with Crippen molar-refractivity contribution in [2.75, 3.05) is 11.9 Å². The van der Waals surface area contributed by atoms with Gasteiger partial charge in [-0.3, -0.25) is 14.9 Å². The van der Waals surface area contributed by atoms with Gasteiger partial charge < -0.3 is 14.8 Å². The van der Waals surface area contributed by atoms with E-state index < -0.39 is 22.9 Å². The van der Waals surface area contributed by atoms with Crippen LogP contribution in [-0.4, -0.2) is 29.5 Å². The number of hydrogen-bond acceptors (Lipinski definition) is 6. The molecule has 9 heteroatoms. The number of anilines is 1. The van der Waals surface area contributed by atoms with Gasteiger partial charge >= 0.3 is 5.97 Å². The van der Waals surface area contributed by atoms with Crippen molar-refractivity contribution in [1.29, 1.82) is 0 Å². The number of ether oxygens (including phenoxy) is 2. The molecule has 0 saturated heterocycles. The molecule has 2 rings (SSSR count). The maximum atomic E-state index is 12.2. The number of nitro groups is 1. The summed E-state index contributed by atoms with van der Waals surface area (Å²) in [6.45, 7) is 4.77. The maximum Gasteiger partial charge on any atom is 0.344 e. The first-order valence-corrected chi connectivity index (χ1v) is 8.70. The number of nitrogens with zero attached hydrogens (tertiary/aromatic N) is 1. The number of esters is 1. The van der Waals surface area contributed by atoms with Crippen LogP contribution in [-0.2, 0) is 14.3 Å². The third-order valence-corrected chi connectivity index (χ3v) is 4.15. The molecule has 0 radical (unpaired) electrons. The van der Waals surface area contributed by atoms with Gasteiger partial charge in [0.25, 0.3) is 11.6 Å². The normalized spacial score (nSPS) is 11.4. The molecule has 0 fully saturated rings. The third kappa shape index (κ3) is 5.43. The summed E-state index contributed by atoms with van der Waals surface area (Å²) >= 11 is 5.93. The van der Waals surface area contributed by atoms with Crippen molar-refractivity contribution < 1.29 is 24.0 Å². The van der Waals surface area contributed by atoms with Crippen LogP contribution in [0.1, 0.15) is 18.1 Å². The second-order valence-corrected chi connectivity index (χ2v) is 6.46. The third-order valence-electron chi connectivity index (χ3n) is 3.84. The van der Waals surface area contributed by atoms with Crippen LogP contribution >= 0.6 is 11.6 Å². The van der Waals surface area contributed by atoms with Crippen LogP contribution in [0.2, 0.25) is 5.02 Å². The van der Waals surface area contributed by atoms with E-state index >= 15 is 0 Å². The number of rotatable bonds is 7. The molecule has 1 unspecified atom stereocenters. The molecule has 2 aromatic carbocycles. The Labute approximate surface area is 166 Å². The Bertz CT molecular complexity index is 895. The second-order valence-electron chi connectivity index (χ2n) is 6.05. The number of aryl methyl sites for hydroxylation is 2. The molecule has 0 bridgehead atoms. The standard InChI is InChI=1S/C19H19ClN2O6/c1-11-5-4-6-12(2)18(11)27-10-17(23)28-13(3)19(24)21-16-8-7-14(22(25)26)9-15(16)20/h4-9,13H,10H2,1-3H3,(H,21,24). The molecule has 0 heterocycles. The van der Waals surface area contributed by atoms with E-state index in [2.05, 4.69) is 5.32 Å². The predicted molar refractivity (Wildman–Crippen MR) is 104 cm³/mol. The van der Waals surface area contributed by atoms with Gasteiger partial charge in [-0.15, -0.1) is 0 Å². The van der Waals surface area contributed by atoms with E-state index in [9.17, 15) is 19.7 Å². The Hall–Kier alpha value is -3.13. The molecule has 2 aromatic rings. The molecule has 0 aliphatic rings. The fourth-order valence-corrected chi connectivity index (χ4v) is 2.62. The summed E-state index contributed by atoms with van der Waals surface area (Å²) in [5, 5.41) is 13.2. The summed E-state index contributed by atoms with van der Waals surface area (Å²) in [5.41, 5.74) is 1.73. The van der Waals surface area contributed by atoms with E-state index in [-0.39, 0.29) is 23.0 Å². The van der Waals surface area contributed by atoms with Crippen LogP contribution in [0.4, 0.5) is 11.4 Å². The van der Waals surface area contributed by atoms with Crippen molar-refractivity contribution in [2.24, 2.45) is 0 Å². The smallest absolute Gasteiger partial charge is 0.344 e. The maximum absolute atomic E-state index is 12.2. The molecule has 28 heavy (non-hydrogen) atoms. The topological polar surface area (TPSA) is 108 Å². The molecule has 0 aliphatic carbocycles. The van der Waals surface area contributed by atoms with Crippen molar-refractivity contribution in [1.82, 2.24) is 0 Å². The molecule has 0 aromatic heterocycles. The fourth-order valence-electron chi connectivity index (χ4n) is 2.40. The van der Waals surface area contributed by atoms with E-state index in [0.29, 0.717) is 5.75 Å². The molecule has 0 aliphatic heterocycles. The Morgan fingerprint density at radius 3 is 2.43 bits per heavy atom. The van der Waals surface area contributed by atoms with Crippen molar-refractivity contribution >= 4 is 34.9 Å². The minimum Gasteiger partial charge on any atom is -0.481 e. The lowest BCUT2D eigenvalue weighted by molar-refractivity contribution is -0.384. The molecular formula is C19H19ClN2O6. The zero-order valence-corrected chi connectivity index (χ0v) is 16.3. The van der Waals surface area contributed by atoms with Crippen LogP contribution in [0.5, 0.6) is 5.75 Å². The largest absolute Gasteiger partial charge is 0.481 e. The Balaban J connectivity index is 1.91. The highest BCUT2D eigenvalue weighted by Crippen LogP contribution is 2.27. The highest BCUT2D eigenvalue weighted by Gasteiger charge is 2.20. The second kappa shape index (κ2) is 9.18. The van der Waals surface area contributed by atoms with E-state index in [1.54, 1.807) is 0 Å². The number of benzene rings is 2. The predicted octanol–water partition coefficient (Wildman–Crippen LogP) is 3.81. The SMILES string of the molecule is Cc1cccc(C)c1OCC(=O)OC(C)C(=O)Nc1ccc([N+](=O)[O-])cc1Cl. The Morgan fingerprint density at radius 2 is 1.86 bits per heavy atom. The van der Waals surface area contributed by atoms with Gasteiger partial charge in [0.1, 0.15) is 5.75 Å². The molecule has 148 valence electrons. The molecule has 0 saturated carbocycles. The van der Waals surface area contributed by atoms with Crippen molar-refractivity contribution in [2.45, 2.75) is 26.9 Å². The van der Waals surface area contributed by atoms with Gasteiger partial charge in [-0.05, 0) is 38.0 Å². The Kier molecular flexibility index (Phi) is 6.94. The number of hydrogen-bond donors (Lipinski definition) is 1. The number of carbonyl (C=O) groups is 2. The van der Waals surface area contributed by atoms with Crippen LogP contribution < -0.4 is 10.1 Å². The number of nitrogens with one attached hydrogen (secondary N) is 1. The summed E-state index contributed by atoms with van der Waals surface area (Å²) in [6, 6.07) is 9.22. The molecule has 1 atom stereocenters. The number of para-hydroxylation sites is 1. The summed E-state index contributed by atoms with van der Waals surface area (Å²) < 4.78 is 10.6. The lowest BCUT2D eigenvalue weighted by Gasteiger charge is -2.15. The van der Waals surface area contributed by atoms with E-state index in [4.69, 9.17) is 21.1 Å². The van der Waals surface area contributed by atoms with Gasteiger partial charge in [0.15, 0.2) is 12.7 Å². The number of carbonyl (C=O) groups excluding carboxylic acids is 2. The number of nitro benzene ring substituents is 1. The van der Waals surface area contributed by atoms with Crippen LogP contribution in [0, 0.1) is 24.0 Å². The van der Waals surface area contributed by atoms with Crippen LogP contribution in [0.3, 0.4) is 0 Å². The zero-order chi connectivity index (χ0) is 20.8.